The lowest BCUT2D eigenvalue weighted by Crippen LogP contribution is -2.27. The molecule has 3 aromatic carbocycles. The van der Waals surface area contributed by atoms with Crippen LogP contribution in [0.15, 0.2) is 74.9 Å². The van der Waals surface area contributed by atoms with Crippen molar-refractivity contribution in [2.75, 3.05) is 0 Å². The van der Waals surface area contributed by atoms with Gasteiger partial charge in [-0.3, -0.25) is 24.6 Å². The summed E-state index contributed by atoms with van der Waals surface area (Å²) in [5.74, 6) is -0.542. The molecule has 1 aliphatic heterocycles. The standard InChI is InChI=1S/C23H13BrCl2N2O7S2/c24-18-9-13(1-8-20(18)35-37(33,34)17-6-4-16(5-7-17)28(31)32)10-21-22(29)27(23(30)36-21)12-14-2-3-15(25)11-19(14)26/h1-11H,12H2/b21-10-. The molecule has 0 aliphatic carbocycles. The number of carbonyl (C=O) groups excluding carboxylic acids is 2. The van der Waals surface area contributed by atoms with Gasteiger partial charge in [0, 0.05) is 22.2 Å². The molecule has 1 heterocycles. The van der Waals surface area contributed by atoms with Crippen molar-refractivity contribution in [2.45, 2.75) is 11.4 Å². The third kappa shape index (κ3) is 6.16. The number of rotatable bonds is 7. The van der Waals surface area contributed by atoms with E-state index >= 15 is 0 Å². The molecule has 1 aliphatic rings. The molecule has 2 amide bonds. The van der Waals surface area contributed by atoms with E-state index in [9.17, 15) is 28.1 Å². The highest BCUT2D eigenvalue weighted by atomic mass is 79.9. The summed E-state index contributed by atoms with van der Waals surface area (Å²) in [4.78, 5) is 36.4. The molecule has 0 atom stereocenters. The van der Waals surface area contributed by atoms with Gasteiger partial charge in [-0.05, 0) is 81.3 Å². The van der Waals surface area contributed by atoms with Crippen LogP contribution in [0.3, 0.4) is 0 Å². The summed E-state index contributed by atoms with van der Waals surface area (Å²) in [5, 5.41) is 11.1. The third-order valence-corrected chi connectivity index (χ3v) is 8.37. The monoisotopic (exact) mass is 642 g/mol. The zero-order valence-electron chi connectivity index (χ0n) is 18.3. The second kappa shape index (κ2) is 10.8. The van der Waals surface area contributed by atoms with E-state index in [0.717, 1.165) is 40.9 Å². The number of thioether (sulfide) groups is 1. The van der Waals surface area contributed by atoms with E-state index in [1.165, 1.54) is 30.3 Å². The Labute approximate surface area is 233 Å². The van der Waals surface area contributed by atoms with Crippen molar-refractivity contribution in [3.05, 3.63) is 101 Å². The average molecular weight is 644 g/mol. The maximum Gasteiger partial charge on any atom is 0.339 e. The van der Waals surface area contributed by atoms with Gasteiger partial charge in [-0.25, -0.2) is 0 Å². The molecule has 9 nitrogen and oxygen atoms in total. The van der Waals surface area contributed by atoms with Crippen LogP contribution in [0.25, 0.3) is 6.08 Å². The molecule has 1 fully saturated rings. The molecule has 0 aromatic heterocycles. The molecule has 0 spiro atoms. The van der Waals surface area contributed by atoms with Crippen molar-refractivity contribution in [3.63, 3.8) is 0 Å². The van der Waals surface area contributed by atoms with Crippen LogP contribution in [0.5, 0.6) is 5.75 Å². The predicted molar refractivity (Wildman–Crippen MR) is 143 cm³/mol. The van der Waals surface area contributed by atoms with Gasteiger partial charge in [-0.2, -0.15) is 8.42 Å². The molecule has 14 heteroatoms. The highest BCUT2D eigenvalue weighted by Crippen LogP contribution is 2.36. The fourth-order valence-corrected chi connectivity index (χ4v) is 6.02. The first-order chi connectivity index (χ1) is 17.4. The highest BCUT2D eigenvalue weighted by molar-refractivity contribution is 9.10. The molecule has 0 N–H and O–H groups in total. The summed E-state index contributed by atoms with van der Waals surface area (Å²) >= 11 is 16.1. The highest BCUT2D eigenvalue weighted by Gasteiger charge is 2.35. The topological polar surface area (TPSA) is 124 Å². The maximum absolute atomic E-state index is 12.9. The number of hydrogen-bond acceptors (Lipinski definition) is 8. The van der Waals surface area contributed by atoms with Gasteiger partial charge in [0.2, 0.25) is 0 Å². The van der Waals surface area contributed by atoms with Crippen molar-refractivity contribution < 1.29 is 27.1 Å². The van der Waals surface area contributed by atoms with Crippen LogP contribution in [0.2, 0.25) is 10.0 Å². The Morgan fingerprint density at radius 1 is 1.05 bits per heavy atom. The van der Waals surface area contributed by atoms with Gasteiger partial charge in [0.15, 0.2) is 5.75 Å². The first-order valence-corrected chi connectivity index (χ1v) is 13.9. The van der Waals surface area contributed by atoms with Crippen LogP contribution < -0.4 is 4.18 Å². The molecule has 0 saturated carbocycles. The van der Waals surface area contributed by atoms with Crippen molar-refractivity contribution >= 4 is 83.9 Å². The van der Waals surface area contributed by atoms with E-state index in [0.29, 0.717) is 21.2 Å². The molecule has 0 radical (unpaired) electrons. The van der Waals surface area contributed by atoms with Gasteiger partial charge in [0.1, 0.15) is 4.90 Å². The third-order valence-electron chi connectivity index (χ3n) is 5.01. The summed E-state index contributed by atoms with van der Waals surface area (Å²) in [5.41, 5.74) is 0.806. The zero-order chi connectivity index (χ0) is 26.9. The van der Waals surface area contributed by atoms with E-state index < -0.39 is 26.2 Å². The Balaban J connectivity index is 1.51. The molecular formula is C23H13BrCl2N2O7S2. The number of carbonyl (C=O) groups is 2. The minimum atomic E-state index is -4.27. The largest absolute Gasteiger partial charge is 0.378 e. The van der Waals surface area contributed by atoms with Crippen molar-refractivity contribution in [2.24, 2.45) is 0 Å². The number of nitrogens with zero attached hydrogens (tertiary/aromatic N) is 2. The number of non-ortho nitro benzene ring substituents is 1. The van der Waals surface area contributed by atoms with Crippen LogP contribution in [-0.4, -0.2) is 29.4 Å². The molecule has 0 unspecified atom stereocenters. The normalized spacial score (nSPS) is 14.9. The van der Waals surface area contributed by atoms with Gasteiger partial charge in [0.25, 0.3) is 16.8 Å². The molecular weight excluding hydrogens is 631 g/mol. The molecule has 37 heavy (non-hydrogen) atoms. The van der Waals surface area contributed by atoms with Crippen molar-refractivity contribution in [3.8, 4) is 5.75 Å². The summed E-state index contributed by atoms with van der Waals surface area (Å²) in [6.07, 6.45) is 1.49. The number of hydrogen-bond donors (Lipinski definition) is 0. The summed E-state index contributed by atoms with van der Waals surface area (Å²) in [7, 11) is -4.27. The fourth-order valence-electron chi connectivity index (χ4n) is 3.18. The molecule has 0 bridgehead atoms. The molecule has 3 aromatic rings. The van der Waals surface area contributed by atoms with E-state index in [1.54, 1.807) is 12.1 Å². The van der Waals surface area contributed by atoms with Crippen LogP contribution in [-0.2, 0) is 21.5 Å². The maximum atomic E-state index is 12.9. The first kappa shape index (κ1) is 27.1. The van der Waals surface area contributed by atoms with Crippen molar-refractivity contribution in [1.29, 1.82) is 0 Å². The SMILES string of the molecule is O=C1S/C(=C\c2ccc(OS(=O)(=O)c3ccc([N+](=O)[O-])cc3)c(Br)c2)C(=O)N1Cc1ccc(Cl)cc1Cl. The van der Waals surface area contributed by atoms with E-state index in [1.807, 2.05) is 0 Å². The number of benzene rings is 3. The second-order valence-electron chi connectivity index (χ2n) is 7.48. The number of nitro benzene ring substituents is 1. The van der Waals surface area contributed by atoms with Gasteiger partial charge >= 0.3 is 10.1 Å². The Kier molecular flexibility index (Phi) is 7.95. The zero-order valence-corrected chi connectivity index (χ0v) is 23.0. The van der Waals surface area contributed by atoms with Gasteiger partial charge in [-0.15, -0.1) is 0 Å². The minimum Gasteiger partial charge on any atom is -0.378 e. The fraction of sp³-hybridized carbons (Fsp3) is 0.0435. The Hall–Kier alpha value is -2.90. The molecule has 1 saturated heterocycles. The number of amides is 2. The number of halogens is 3. The van der Waals surface area contributed by atoms with Crippen molar-refractivity contribution in [1.82, 2.24) is 4.90 Å². The summed E-state index contributed by atoms with van der Waals surface area (Å²) < 4.78 is 30.6. The van der Waals surface area contributed by atoms with Crippen LogP contribution in [0, 0.1) is 10.1 Å². The Morgan fingerprint density at radius 3 is 2.38 bits per heavy atom. The lowest BCUT2D eigenvalue weighted by Gasteiger charge is -2.13. The second-order valence-corrected chi connectivity index (χ2v) is 11.7. The van der Waals surface area contributed by atoms with Gasteiger partial charge < -0.3 is 4.18 Å². The Bertz CT molecular complexity index is 1580. The number of imide groups is 1. The van der Waals surface area contributed by atoms with E-state index in [2.05, 4.69) is 15.9 Å². The summed E-state index contributed by atoms with van der Waals surface area (Å²) in [6, 6.07) is 13.4. The first-order valence-electron chi connectivity index (χ1n) is 10.1. The lowest BCUT2D eigenvalue weighted by atomic mass is 10.2. The smallest absolute Gasteiger partial charge is 0.339 e. The summed E-state index contributed by atoms with van der Waals surface area (Å²) in [6.45, 7) is -0.0189. The van der Waals surface area contributed by atoms with Crippen LogP contribution >= 0.6 is 50.9 Å². The number of nitro groups is 1. The molecule has 4 rings (SSSR count). The van der Waals surface area contributed by atoms with Crippen LogP contribution in [0.4, 0.5) is 10.5 Å². The van der Waals surface area contributed by atoms with Crippen LogP contribution in [0.1, 0.15) is 11.1 Å². The molecule has 190 valence electrons. The van der Waals surface area contributed by atoms with E-state index in [-0.39, 0.29) is 32.3 Å². The van der Waals surface area contributed by atoms with Gasteiger partial charge in [0.05, 0.1) is 20.8 Å². The Morgan fingerprint density at radius 2 is 1.76 bits per heavy atom. The van der Waals surface area contributed by atoms with Gasteiger partial charge in [-0.1, -0.05) is 35.3 Å². The minimum absolute atomic E-state index is 0.0189. The lowest BCUT2D eigenvalue weighted by molar-refractivity contribution is -0.384. The van der Waals surface area contributed by atoms with E-state index in [4.69, 9.17) is 27.4 Å². The average Bonchev–Trinajstić information content (AvgIpc) is 3.09. The quantitative estimate of drug-likeness (QED) is 0.121. The predicted octanol–water partition coefficient (Wildman–Crippen LogP) is 6.67.